The van der Waals surface area contributed by atoms with Crippen molar-refractivity contribution in [3.8, 4) is 0 Å². The van der Waals surface area contributed by atoms with Gasteiger partial charge in [0.1, 0.15) is 12.6 Å². The fourth-order valence-corrected chi connectivity index (χ4v) is 3.64. The Balaban J connectivity index is 1.91. The number of carbonyl (C=O) groups excluding carboxylic acids is 2. The molecule has 2 heterocycles. The van der Waals surface area contributed by atoms with Gasteiger partial charge in [0, 0.05) is 5.92 Å². The summed E-state index contributed by atoms with van der Waals surface area (Å²) in [5, 5.41) is 6.82. The Morgan fingerprint density at radius 1 is 1.23 bits per heavy atom. The summed E-state index contributed by atoms with van der Waals surface area (Å²) in [6.07, 6.45) is 6.34. The lowest BCUT2D eigenvalue weighted by atomic mass is 9.97. The lowest BCUT2D eigenvalue weighted by Crippen LogP contribution is -2.34. The maximum Gasteiger partial charge on any atom is 0.368 e. The molecule has 0 radical (unpaired) electrons. The van der Waals surface area contributed by atoms with Crippen molar-refractivity contribution in [2.75, 3.05) is 11.9 Å². The Morgan fingerprint density at radius 3 is 2.52 bits per heavy atom. The lowest BCUT2D eigenvalue weighted by Gasteiger charge is -2.17. The number of nitrogens with two attached hydrogens (primary N) is 1. The second-order valence-corrected chi connectivity index (χ2v) is 7.95. The molecule has 1 saturated heterocycles. The average Bonchev–Trinajstić information content (AvgIpc) is 3.20. The van der Waals surface area contributed by atoms with Gasteiger partial charge in [0.15, 0.2) is 12.0 Å². The van der Waals surface area contributed by atoms with Crippen LogP contribution in [0, 0.1) is 5.92 Å². The minimum absolute atomic E-state index is 0.0827. The van der Waals surface area contributed by atoms with Crippen LogP contribution in [0.2, 0.25) is 0 Å². The summed E-state index contributed by atoms with van der Waals surface area (Å²) in [7, 11) is 0. The van der Waals surface area contributed by atoms with Gasteiger partial charge in [-0.2, -0.15) is 14.8 Å². The Morgan fingerprint density at radius 2 is 1.90 bits per heavy atom. The maximum atomic E-state index is 12.4. The molecule has 3 unspecified atom stereocenters. The second kappa shape index (κ2) is 12.5. The van der Waals surface area contributed by atoms with Gasteiger partial charge in [0.05, 0.1) is 12.3 Å². The number of nitrogens with one attached hydrogen (secondary N) is 1. The van der Waals surface area contributed by atoms with E-state index >= 15 is 0 Å². The van der Waals surface area contributed by atoms with Gasteiger partial charge in [-0.05, 0) is 32.1 Å². The van der Waals surface area contributed by atoms with Crippen LogP contribution < -0.4 is 16.7 Å². The van der Waals surface area contributed by atoms with Crippen molar-refractivity contribution in [2.45, 2.75) is 90.5 Å². The van der Waals surface area contributed by atoms with E-state index in [1.54, 1.807) is 0 Å². The van der Waals surface area contributed by atoms with E-state index in [9.17, 15) is 14.4 Å². The van der Waals surface area contributed by atoms with Crippen molar-refractivity contribution in [3.05, 3.63) is 16.7 Å². The highest BCUT2D eigenvalue weighted by Gasteiger charge is 2.30. The molecule has 1 aromatic rings. The molecule has 3 N–H and O–H groups in total. The Labute approximate surface area is 182 Å². The van der Waals surface area contributed by atoms with E-state index in [0.29, 0.717) is 19.3 Å². The van der Waals surface area contributed by atoms with Crippen LogP contribution in [0.3, 0.4) is 0 Å². The van der Waals surface area contributed by atoms with Crippen molar-refractivity contribution in [1.29, 1.82) is 0 Å². The highest BCUT2D eigenvalue weighted by molar-refractivity contribution is 5.91. The quantitative estimate of drug-likeness (QED) is 0.474. The first-order chi connectivity index (χ1) is 14.9. The smallest absolute Gasteiger partial charge is 0.368 e. The molecule has 1 amide bonds. The SMILES string of the molecule is CCCC(N)C(=O)OCC1CCC(n2ncc(NC(=O)C(CCC)CCC)nc2=O)O1. The van der Waals surface area contributed by atoms with Crippen molar-refractivity contribution >= 4 is 17.7 Å². The van der Waals surface area contributed by atoms with Crippen LogP contribution in [-0.2, 0) is 19.1 Å². The van der Waals surface area contributed by atoms with Gasteiger partial charge in [0.2, 0.25) is 5.91 Å². The first-order valence-corrected chi connectivity index (χ1v) is 11.2. The molecule has 1 aliphatic heterocycles. The summed E-state index contributed by atoms with van der Waals surface area (Å²) in [6.45, 7) is 6.10. The molecule has 174 valence electrons. The van der Waals surface area contributed by atoms with Crippen LogP contribution >= 0.6 is 0 Å². The van der Waals surface area contributed by atoms with Gasteiger partial charge in [-0.1, -0.05) is 40.0 Å². The second-order valence-electron chi connectivity index (χ2n) is 7.95. The molecular weight excluding hydrogens is 402 g/mol. The van der Waals surface area contributed by atoms with Crippen LogP contribution in [-0.4, -0.2) is 45.4 Å². The van der Waals surface area contributed by atoms with Crippen LogP contribution in [0.1, 0.15) is 78.4 Å². The topological polar surface area (TPSA) is 138 Å². The van der Waals surface area contributed by atoms with Crippen molar-refractivity contribution in [1.82, 2.24) is 14.8 Å². The van der Waals surface area contributed by atoms with Gasteiger partial charge in [-0.25, -0.2) is 4.79 Å². The van der Waals surface area contributed by atoms with Gasteiger partial charge >= 0.3 is 11.7 Å². The molecule has 1 aromatic heterocycles. The number of hydrogen-bond acceptors (Lipinski definition) is 8. The Bertz CT molecular complexity index is 778. The zero-order valence-electron chi connectivity index (χ0n) is 18.7. The van der Waals surface area contributed by atoms with E-state index in [0.717, 1.165) is 36.8 Å². The monoisotopic (exact) mass is 437 g/mol. The fraction of sp³-hybridized carbons (Fsp3) is 0.762. The Hall–Kier alpha value is -2.33. The summed E-state index contributed by atoms with van der Waals surface area (Å²) in [6, 6.07) is -0.632. The predicted molar refractivity (Wildman–Crippen MR) is 115 cm³/mol. The first-order valence-electron chi connectivity index (χ1n) is 11.2. The van der Waals surface area contributed by atoms with Gasteiger partial charge < -0.3 is 20.5 Å². The maximum absolute atomic E-state index is 12.4. The van der Waals surface area contributed by atoms with Crippen molar-refractivity contribution in [2.24, 2.45) is 11.7 Å². The molecule has 2 rings (SSSR count). The standard InChI is InChI=1S/C21H35N5O5/c1-4-7-14(8-5-2)19(27)24-17-12-23-26(21(29)25-17)18-11-10-15(31-18)13-30-20(28)16(22)9-6-3/h12,14-16,18H,4-11,13,22H2,1-3H3,(H,24,25,27,29). The predicted octanol–water partition coefficient (Wildman–Crippen LogP) is 2.14. The van der Waals surface area contributed by atoms with Gasteiger partial charge in [0.25, 0.3) is 0 Å². The molecule has 0 spiro atoms. The number of nitrogens with zero attached hydrogens (tertiary/aromatic N) is 3. The summed E-state index contributed by atoms with van der Waals surface area (Å²) < 4.78 is 12.2. The highest BCUT2D eigenvalue weighted by Crippen LogP contribution is 2.26. The van der Waals surface area contributed by atoms with Crippen LogP contribution in [0.5, 0.6) is 0 Å². The third kappa shape index (κ3) is 7.39. The number of ether oxygens (including phenoxy) is 2. The van der Waals surface area contributed by atoms with Crippen molar-refractivity contribution in [3.63, 3.8) is 0 Å². The molecule has 10 heteroatoms. The number of rotatable bonds is 12. The first kappa shape index (κ1) is 24.9. The summed E-state index contributed by atoms with van der Waals surface area (Å²) in [5.74, 6) is -0.561. The van der Waals surface area contributed by atoms with Gasteiger partial charge in [-0.15, -0.1) is 0 Å². The summed E-state index contributed by atoms with van der Waals surface area (Å²) in [4.78, 5) is 40.6. The number of esters is 1. The largest absolute Gasteiger partial charge is 0.462 e. The highest BCUT2D eigenvalue weighted by atomic mass is 16.6. The molecule has 0 bridgehead atoms. The number of aromatic nitrogens is 3. The van der Waals surface area contributed by atoms with Gasteiger partial charge in [-0.3, -0.25) is 9.59 Å². The number of anilines is 1. The number of amides is 1. The minimum Gasteiger partial charge on any atom is -0.462 e. The van der Waals surface area contributed by atoms with E-state index in [1.165, 1.54) is 6.20 Å². The summed E-state index contributed by atoms with van der Waals surface area (Å²) in [5.41, 5.74) is 5.14. The molecule has 0 aromatic carbocycles. The van der Waals surface area contributed by atoms with Crippen LogP contribution in [0.15, 0.2) is 11.0 Å². The zero-order valence-corrected chi connectivity index (χ0v) is 18.7. The average molecular weight is 438 g/mol. The molecule has 0 aliphatic carbocycles. The fourth-order valence-electron chi connectivity index (χ4n) is 3.64. The van der Waals surface area contributed by atoms with E-state index in [4.69, 9.17) is 15.2 Å². The minimum atomic E-state index is -0.632. The number of hydrogen-bond donors (Lipinski definition) is 2. The van der Waals surface area contributed by atoms with Crippen molar-refractivity contribution < 1.29 is 19.1 Å². The Kier molecular flexibility index (Phi) is 10.1. The summed E-state index contributed by atoms with van der Waals surface area (Å²) >= 11 is 0. The molecule has 3 atom stereocenters. The van der Waals surface area contributed by atoms with Crippen LogP contribution in [0.4, 0.5) is 5.82 Å². The molecule has 0 saturated carbocycles. The third-order valence-electron chi connectivity index (χ3n) is 5.28. The third-order valence-corrected chi connectivity index (χ3v) is 5.28. The molecule has 1 fully saturated rings. The zero-order chi connectivity index (χ0) is 22.8. The molecule has 31 heavy (non-hydrogen) atoms. The lowest BCUT2D eigenvalue weighted by molar-refractivity contribution is -0.150. The van der Waals surface area contributed by atoms with E-state index < -0.39 is 23.9 Å². The van der Waals surface area contributed by atoms with E-state index in [1.807, 2.05) is 20.8 Å². The normalized spacial score (nSPS) is 19.4. The van der Waals surface area contributed by atoms with E-state index in [2.05, 4.69) is 15.4 Å². The number of carbonyl (C=O) groups is 2. The molecular formula is C21H35N5O5. The van der Waals surface area contributed by atoms with Crippen LogP contribution in [0.25, 0.3) is 0 Å². The molecule has 1 aliphatic rings. The molecule has 10 nitrogen and oxygen atoms in total. The van der Waals surface area contributed by atoms with E-state index in [-0.39, 0.29) is 30.4 Å².